The molecule has 2 N–H and O–H groups in total. The van der Waals surface area contributed by atoms with Crippen LogP contribution in [0, 0.1) is 17.2 Å². The van der Waals surface area contributed by atoms with Gasteiger partial charge in [0.15, 0.2) is 0 Å². The predicted molar refractivity (Wildman–Crippen MR) is 55.7 cm³/mol. The summed E-state index contributed by atoms with van der Waals surface area (Å²) in [5.74, 6) is 0.452. The number of aliphatic hydroxyl groups excluding tert-OH is 1. The third kappa shape index (κ3) is 2.70. The number of aliphatic hydroxyl groups is 1. The molecule has 1 aliphatic carbocycles. The minimum Gasteiger partial charge on any atom is -0.395 e. The number of nitrogens with one attached hydrogen (secondary N) is 1. The van der Waals surface area contributed by atoms with Gasteiger partial charge in [-0.15, -0.1) is 0 Å². The Balaban J connectivity index is 2.53. The maximum atomic E-state index is 9.17. The predicted octanol–water partition coefficient (Wildman–Crippen LogP) is 1.43. The molecule has 14 heavy (non-hydrogen) atoms. The van der Waals surface area contributed by atoms with E-state index in [4.69, 9.17) is 5.11 Å². The van der Waals surface area contributed by atoms with Crippen LogP contribution in [0.4, 0.5) is 0 Å². The second-order valence-electron chi connectivity index (χ2n) is 4.30. The van der Waals surface area contributed by atoms with Crippen LogP contribution in [0.3, 0.4) is 0 Å². The fourth-order valence-electron chi connectivity index (χ4n) is 2.27. The number of nitriles is 1. The van der Waals surface area contributed by atoms with Gasteiger partial charge in [0.1, 0.15) is 5.54 Å². The lowest BCUT2D eigenvalue weighted by Crippen LogP contribution is -2.49. The number of hydrogen-bond acceptors (Lipinski definition) is 3. The SMILES string of the molecule is CC(C#N)(NCCO)C1CCCCC1. The molecule has 0 bridgehead atoms. The molecule has 0 amide bonds. The normalized spacial score (nSPS) is 22.6. The lowest BCUT2D eigenvalue weighted by Gasteiger charge is -2.35. The highest BCUT2D eigenvalue weighted by Gasteiger charge is 2.34. The van der Waals surface area contributed by atoms with E-state index < -0.39 is 5.54 Å². The Morgan fingerprint density at radius 3 is 2.57 bits per heavy atom. The molecule has 1 fully saturated rings. The van der Waals surface area contributed by atoms with Gasteiger partial charge in [-0.05, 0) is 25.7 Å². The fraction of sp³-hybridized carbons (Fsp3) is 0.909. The van der Waals surface area contributed by atoms with Gasteiger partial charge in [0.25, 0.3) is 0 Å². The quantitative estimate of drug-likeness (QED) is 0.715. The van der Waals surface area contributed by atoms with Gasteiger partial charge < -0.3 is 5.11 Å². The number of nitrogens with zero attached hydrogens (tertiary/aromatic N) is 1. The smallest absolute Gasteiger partial charge is 0.106 e. The van der Waals surface area contributed by atoms with E-state index in [-0.39, 0.29) is 6.61 Å². The summed E-state index contributed by atoms with van der Waals surface area (Å²) in [6.45, 7) is 2.57. The zero-order valence-corrected chi connectivity index (χ0v) is 8.92. The molecule has 80 valence electrons. The van der Waals surface area contributed by atoms with E-state index in [0.29, 0.717) is 12.5 Å². The Labute approximate surface area is 86.1 Å². The van der Waals surface area contributed by atoms with Crippen molar-refractivity contribution >= 4 is 0 Å². The molecule has 1 aliphatic rings. The van der Waals surface area contributed by atoms with Gasteiger partial charge in [0, 0.05) is 6.54 Å². The highest BCUT2D eigenvalue weighted by atomic mass is 16.3. The summed E-state index contributed by atoms with van der Waals surface area (Å²) in [7, 11) is 0. The van der Waals surface area contributed by atoms with E-state index in [0.717, 1.165) is 12.8 Å². The van der Waals surface area contributed by atoms with Crippen LogP contribution in [0.1, 0.15) is 39.0 Å². The fourth-order valence-corrected chi connectivity index (χ4v) is 2.27. The van der Waals surface area contributed by atoms with E-state index in [2.05, 4.69) is 11.4 Å². The van der Waals surface area contributed by atoms with Crippen molar-refractivity contribution in [3.8, 4) is 6.07 Å². The van der Waals surface area contributed by atoms with Crippen LogP contribution in [0.25, 0.3) is 0 Å². The van der Waals surface area contributed by atoms with Crippen molar-refractivity contribution in [1.29, 1.82) is 5.26 Å². The van der Waals surface area contributed by atoms with Gasteiger partial charge in [0.2, 0.25) is 0 Å². The summed E-state index contributed by atoms with van der Waals surface area (Å²) >= 11 is 0. The Morgan fingerprint density at radius 2 is 2.07 bits per heavy atom. The molecule has 3 heteroatoms. The molecule has 0 aliphatic heterocycles. The van der Waals surface area contributed by atoms with Gasteiger partial charge in [0.05, 0.1) is 12.7 Å². The van der Waals surface area contributed by atoms with Gasteiger partial charge in [-0.1, -0.05) is 19.3 Å². The highest BCUT2D eigenvalue weighted by Crippen LogP contribution is 2.32. The monoisotopic (exact) mass is 196 g/mol. The maximum Gasteiger partial charge on any atom is 0.106 e. The van der Waals surface area contributed by atoms with E-state index in [9.17, 15) is 5.26 Å². The first-order chi connectivity index (χ1) is 6.73. The second-order valence-corrected chi connectivity index (χ2v) is 4.30. The van der Waals surface area contributed by atoms with Crippen LogP contribution >= 0.6 is 0 Å². The molecule has 0 aromatic heterocycles. The second kappa shape index (κ2) is 5.33. The summed E-state index contributed by atoms with van der Waals surface area (Å²) in [6.07, 6.45) is 6.06. The third-order valence-electron chi connectivity index (χ3n) is 3.26. The zero-order valence-electron chi connectivity index (χ0n) is 8.92. The number of rotatable bonds is 4. The third-order valence-corrected chi connectivity index (χ3v) is 3.26. The van der Waals surface area contributed by atoms with Gasteiger partial charge in [-0.2, -0.15) is 5.26 Å². The van der Waals surface area contributed by atoms with Crippen molar-refractivity contribution in [2.45, 2.75) is 44.6 Å². The summed E-state index contributed by atoms with van der Waals surface area (Å²) in [5, 5.41) is 21.1. The molecule has 1 rings (SSSR count). The molecule has 0 aromatic carbocycles. The largest absolute Gasteiger partial charge is 0.395 e. The lowest BCUT2D eigenvalue weighted by molar-refractivity contribution is 0.207. The molecule has 0 radical (unpaired) electrons. The van der Waals surface area contributed by atoms with Crippen LogP contribution in [-0.2, 0) is 0 Å². The zero-order chi connectivity index (χ0) is 10.4. The first-order valence-corrected chi connectivity index (χ1v) is 5.50. The first kappa shape index (κ1) is 11.5. The number of hydrogen-bond donors (Lipinski definition) is 2. The average molecular weight is 196 g/mol. The van der Waals surface area contributed by atoms with Crippen molar-refractivity contribution in [3.05, 3.63) is 0 Å². The Hall–Kier alpha value is -0.590. The molecular weight excluding hydrogens is 176 g/mol. The van der Waals surface area contributed by atoms with E-state index >= 15 is 0 Å². The molecule has 0 spiro atoms. The minimum absolute atomic E-state index is 0.101. The van der Waals surface area contributed by atoms with Crippen LogP contribution in [0.15, 0.2) is 0 Å². The number of β-amino-alcohol motifs (C(OH)–C–C–N with tert-alkyl or cyclic N) is 1. The lowest BCUT2D eigenvalue weighted by atomic mass is 9.76. The molecular formula is C11H20N2O. The molecule has 1 unspecified atom stereocenters. The van der Waals surface area contributed by atoms with Crippen molar-refractivity contribution in [3.63, 3.8) is 0 Å². The summed E-state index contributed by atoms with van der Waals surface area (Å²) < 4.78 is 0. The van der Waals surface area contributed by atoms with Gasteiger partial charge in [-0.25, -0.2) is 0 Å². The molecule has 0 saturated heterocycles. The molecule has 0 heterocycles. The van der Waals surface area contributed by atoms with Gasteiger partial charge in [-0.3, -0.25) is 5.32 Å². The highest BCUT2D eigenvalue weighted by molar-refractivity contribution is 5.08. The van der Waals surface area contributed by atoms with Crippen molar-refractivity contribution in [1.82, 2.24) is 5.32 Å². The van der Waals surface area contributed by atoms with Gasteiger partial charge >= 0.3 is 0 Å². The first-order valence-electron chi connectivity index (χ1n) is 5.50. The Kier molecular flexibility index (Phi) is 4.37. The molecule has 0 aromatic rings. The van der Waals surface area contributed by atoms with Crippen molar-refractivity contribution in [2.75, 3.05) is 13.2 Å². The Bertz CT molecular complexity index is 206. The summed E-state index contributed by atoms with van der Waals surface area (Å²) in [5.41, 5.74) is -0.441. The standard InChI is InChI=1S/C11H20N2O/c1-11(9-12,13-7-8-14)10-5-3-2-4-6-10/h10,13-14H,2-8H2,1H3. The van der Waals surface area contributed by atoms with E-state index in [1.165, 1.54) is 19.3 Å². The van der Waals surface area contributed by atoms with Crippen LogP contribution in [0.2, 0.25) is 0 Å². The average Bonchev–Trinajstić information content (AvgIpc) is 2.27. The van der Waals surface area contributed by atoms with Crippen LogP contribution in [-0.4, -0.2) is 23.8 Å². The summed E-state index contributed by atoms with van der Waals surface area (Å²) in [4.78, 5) is 0. The topological polar surface area (TPSA) is 56.0 Å². The van der Waals surface area contributed by atoms with E-state index in [1.807, 2.05) is 6.92 Å². The van der Waals surface area contributed by atoms with Crippen LogP contribution in [0.5, 0.6) is 0 Å². The van der Waals surface area contributed by atoms with Crippen molar-refractivity contribution in [2.24, 2.45) is 5.92 Å². The van der Waals surface area contributed by atoms with Crippen molar-refractivity contribution < 1.29 is 5.11 Å². The maximum absolute atomic E-state index is 9.17. The summed E-state index contributed by atoms with van der Waals surface area (Å²) in [6, 6.07) is 2.36. The molecule has 3 nitrogen and oxygen atoms in total. The van der Waals surface area contributed by atoms with E-state index in [1.54, 1.807) is 0 Å². The van der Waals surface area contributed by atoms with Crippen LogP contribution < -0.4 is 5.32 Å². The minimum atomic E-state index is -0.441. The molecule has 1 saturated carbocycles. The Morgan fingerprint density at radius 1 is 1.43 bits per heavy atom. The molecule has 1 atom stereocenters.